The number of aryl methyl sites for hydroxylation is 1. The van der Waals surface area contributed by atoms with Crippen molar-refractivity contribution in [2.24, 2.45) is 11.8 Å². The van der Waals surface area contributed by atoms with Crippen LogP contribution in [0.3, 0.4) is 0 Å². The summed E-state index contributed by atoms with van der Waals surface area (Å²) in [7, 11) is 1.71. The van der Waals surface area contributed by atoms with Gasteiger partial charge in [0.25, 0.3) is 5.91 Å². The Kier molecular flexibility index (Phi) is 8.22. The molecule has 1 N–H and O–H groups in total. The van der Waals surface area contributed by atoms with E-state index in [2.05, 4.69) is 41.9 Å². The third-order valence-electron chi connectivity index (χ3n) is 6.75. The van der Waals surface area contributed by atoms with E-state index in [0.717, 1.165) is 41.4 Å². The van der Waals surface area contributed by atoms with Crippen LogP contribution >= 0.6 is 0 Å². The van der Waals surface area contributed by atoms with Crippen molar-refractivity contribution in [3.05, 3.63) is 41.1 Å². The highest BCUT2D eigenvalue weighted by Crippen LogP contribution is 2.34. The number of nitrogens with one attached hydrogen (secondary N) is 1. The lowest BCUT2D eigenvalue weighted by Gasteiger charge is -2.24. The topological polar surface area (TPSA) is 43.3 Å². The summed E-state index contributed by atoms with van der Waals surface area (Å²) < 4.78 is 7.88. The fourth-order valence-electron chi connectivity index (χ4n) is 4.62. The molecule has 170 valence electrons. The molecule has 4 rings (SSSR count). The van der Waals surface area contributed by atoms with Gasteiger partial charge < -0.3 is 14.6 Å². The number of ether oxygens (including phenoxy) is 1. The maximum Gasteiger partial charge on any atom is 0.253 e. The Morgan fingerprint density at radius 2 is 1.74 bits per heavy atom. The summed E-state index contributed by atoms with van der Waals surface area (Å²) in [6.45, 7) is 10.0. The minimum Gasteiger partial charge on any atom is -0.497 e. The van der Waals surface area contributed by atoms with Gasteiger partial charge in [0.1, 0.15) is 5.75 Å². The average molecular weight is 425 g/mol. The molecule has 0 unspecified atom stereocenters. The number of carbonyl (C=O) groups excluding carboxylic acids is 1. The Morgan fingerprint density at radius 1 is 1.03 bits per heavy atom. The van der Waals surface area contributed by atoms with Crippen molar-refractivity contribution in [3.63, 3.8) is 0 Å². The fourth-order valence-corrected chi connectivity index (χ4v) is 4.62. The van der Waals surface area contributed by atoms with Gasteiger partial charge in [0.15, 0.2) is 0 Å². The van der Waals surface area contributed by atoms with Crippen LogP contribution in [0.1, 0.15) is 80.4 Å². The molecule has 4 nitrogen and oxygen atoms in total. The van der Waals surface area contributed by atoms with Crippen molar-refractivity contribution < 1.29 is 9.53 Å². The predicted molar refractivity (Wildman–Crippen MR) is 129 cm³/mol. The molecule has 1 amide bonds. The molecular formula is C27H40N2O2. The lowest BCUT2D eigenvalue weighted by Crippen LogP contribution is -2.26. The van der Waals surface area contributed by atoms with Crippen LogP contribution in [0.4, 0.5) is 0 Å². The smallest absolute Gasteiger partial charge is 0.253 e. The first-order chi connectivity index (χ1) is 15.1. The van der Waals surface area contributed by atoms with Crippen LogP contribution < -0.4 is 10.1 Å². The summed E-state index contributed by atoms with van der Waals surface area (Å²) >= 11 is 0. The number of hydrogen-bond acceptors (Lipinski definition) is 2. The van der Waals surface area contributed by atoms with Gasteiger partial charge in [-0.3, -0.25) is 4.79 Å². The lowest BCUT2D eigenvalue weighted by molar-refractivity contribution is 0.0951. The zero-order valence-corrected chi connectivity index (χ0v) is 20.1. The first-order valence-electron chi connectivity index (χ1n) is 12.2. The Bertz CT molecular complexity index is 874. The molecule has 2 aliphatic carbocycles. The van der Waals surface area contributed by atoms with Gasteiger partial charge in [-0.15, -0.1) is 0 Å². The van der Waals surface area contributed by atoms with E-state index in [4.69, 9.17) is 4.74 Å². The van der Waals surface area contributed by atoms with Crippen LogP contribution in [0.2, 0.25) is 0 Å². The van der Waals surface area contributed by atoms with Gasteiger partial charge >= 0.3 is 0 Å². The minimum absolute atomic E-state index is 0.0681. The molecule has 31 heavy (non-hydrogen) atoms. The average Bonchev–Trinajstić information content (AvgIpc) is 3.59. The van der Waals surface area contributed by atoms with Crippen molar-refractivity contribution in [3.8, 4) is 17.0 Å². The summed E-state index contributed by atoms with van der Waals surface area (Å²) in [6, 6.07) is 8.31. The third kappa shape index (κ3) is 5.72. The summed E-state index contributed by atoms with van der Waals surface area (Å²) in [5.74, 6) is 2.30. The first-order valence-corrected chi connectivity index (χ1v) is 12.2. The van der Waals surface area contributed by atoms with E-state index in [1.807, 2.05) is 19.9 Å². The summed E-state index contributed by atoms with van der Waals surface area (Å²) in [5, 5.41) is 3.16. The predicted octanol–water partition coefficient (Wildman–Crippen LogP) is 6.53. The molecule has 0 saturated heterocycles. The van der Waals surface area contributed by atoms with Crippen LogP contribution in [-0.2, 0) is 6.54 Å². The SMILES string of the molecule is CC.COc1ccc(C)c(-c2cc(C(=O)NCC3CC3)c(C)n2CC2CCCCC2)c1. The van der Waals surface area contributed by atoms with E-state index in [1.54, 1.807) is 7.11 Å². The highest BCUT2D eigenvalue weighted by atomic mass is 16.5. The van der Waals surface area contributed by atoms with E-state index >= 15 is 0 Å². The molecule has 1 aromatic heterocycles. The lowest BCUT2D eigenvalue weighted by atomic mass is 9.89. The van der Waals surface area contributed by atoms with Gasteiger partial charge in [-0.05, 0) is 75.1 Å². The first kappa shape index (κ1) is 23.4. The van der Waals surface area contributed by atoms with E-state index in [0.29, 0.717) is 11.8 Å². The molecule has 1 aromatic carbocycles. The second-order valence-corrected chi connectivity index (χ2v) is 8.98. The van der Waals surface area contributed by atoms with Gasteiger partial charge in [0.2, 0.25) is 0 Å². The number of carbonyl (C=O) groups is 1. The zero-order chi connectivity index (χ0) is 22.4. The van der Waals surface area contributed by atoms with Crippen molar-refractivity contribution in [1.29, 1.82) is 0 Å². The minimum atomic E-state index is 0.0681. The zero-order valence-electron chi connectivity index (χ0n) is 20.1. The van der Waals surface area contributed by atoms with Gasteiger partial charge in [-0.1, -0.05) is 39.2 Å². The summed E-state index contributed by atoms with van der Waals surface area (Å²) in [5.41, 5.74) is 5.41. The standard InChI is InChI=1S/C25H34N2O2.C2H6/c1-17-9-12-21(29-3)13-22(17)24-14-23(25(28)26-15-19-10-11-19)18(2)27(24)16-20-7-5-4-6-8-20;1-2/h9,12-14,19-20H,4-8,10-11,15-16H2,1-3H3,(H,26,28);1-2H3. The number of aromatic nitrogens is 1. The van der Waals surface area contributed by atoms with Crippen molar-refractivity contribution in [1.82, 2.24) is 9.88 Å². The number of benzene rings is 1. The van der Waals surface area contributed by atoms with E-state index in [-0.39, 0.29) is 5.91 Å². The molecule has 0 spiro atoms. The van der Waals surface area contributed by atoms with Crippen LogP contribution in [0.15, 0.2) is 24.3 Å². The van der Waals surface area contributed by atoms with Gasteiger partial charge in [0.05, 0.1) is 12.7 Å². The Hall–Kier alpha value is -2.23. The van der Waals surface area contributed by atoms with Crippen molar-refractivity contribution in [2.75, 3.05) is 13.7 Å². The Labute approximate surface area is 188 Å². The monoisotopic (exact) mass is 424 g/mol. The molecule has 1 heterocycles. The number of amides is 1. The van der Waals surface area contributed by atoms with Gasteiger partial charge in [0, 0.05) is 30.0 Å². The van der Waals surface area contributed by atoms with Crippen LogP contribution in [0, 0.1) is 25.7 Å². The molecule has 4 heteroatoms. The van der Waals surface area contributed by atoms with Crippen LogP contribution in [0.5, 0.6) is 5.75 Å². The van der Waals surface area contributed by atoms with E-state index in [9.17, 15) is 4.79 Å². The van der Waals surface area contributed by atoms with Gasteiger partial charge in [-0.25, -0.2) is 0 Å². The second-order valence-electron chi connectivity index (χ2n) is 8.98. The fraction of sp³-hybridized carbons (Fsp3) is 0.593. The van der Waals surface area contributed by atoms with E-state index in [1.165, 1.54) is 50.5 Å². The van der Waals surface area contributed by atoms with Crippen LogP contribution in [0.25, 0.3) is 11.3 Å². The molecule has 0 radical (unpaired) electrons. The maximum atomic E-state index is 12.9. The molecular weight excluding hydrogens is 384 g/mol. The summed E-state index contributed by atoms with van der Waals surface area (Å²) in [4.78, 5) is 12.9. The summed E-state index contributed by atoms with van der Waals surface area (Å²) in [6.07, 6.45) is 9.08. The van der Waals surface area contributed by atoms with Crippen molar-refractivity contribution in [2.45, 2.75) is 79.2 Å². The largest absolute Gasteiger partial charge is 0.497 e. The molecule has 0 atom stereocenters. The quantitative estimate of drug-likeness (QED) is 0.549. The number of nitrogens with zero attached hydrogens (tertiary/aromatic N) is 1. The number of methoxy groups -OCH3 is 1. The Balaban J connectivity index is 0.00000132. The molecule has 0 bridgehead atoms. The molecule has 2 aliphatic rings. The third-order valence-corrected chi connectivity index (χ3v) is 6.75. The highest BCUT2D eigenvalue weighted by Gasteiger charge is 2.25. The normalized spacial score (nSPS) is 16.4. The Morgan fingerprint density at radius 3 is 2.39 bits per heavy atom. The molecule has 2 aromatic rings. The molecule has 2 saturated carbocycles. The van der Waals surface area contributed by atoms with Crippen molar-refractivity contribution >= 4 is 5.91 Å². The van der Waals surface area contributed by atoms with Gasteiger partial charge in [-0.2, -0.15) is 0 Å². The maximum absolute atomic E-state index is 12.9. The number of rotatable bonds is 7. The second kappa shape index (κ2) is 10.9. The van der Waals surface area contributed by atoms with Crippen LogP contribution in [-0.4, -0.2) is 24.1 Å². The number of hydrogen-bond donors (Lipinski definition) is 1. The van der Waals surface area contributed by atoms with E-state index < -0.39 is 0 Å². The highest BCUT2D eigenvalue weighted by molar-refractivity contribution is 5.97. The molecule has 0 aliphatic heterocycles. The molecule has 2 fully saturated rings.